The van der Waals surface area contributed by atoms with E-state index in [9.17, 15) is 9.59 Å². The molecule has 1 aliphatic heterocycles. The Morgan fingerprint density at radius 1 is 1.12 bits per heavy atom. The van der Waals surface area contributed by atoms with Crippen molar-refractivity contribution in [3.05, 3.63) is 35.4 Å². The van der Waals surface area contributed by atoms with E-state index in [2.05, 4.69) is 51.6 Å². The Bertz CT molecular complexity index is 592. The lowest BCUT2D eigenvalue weighted by Crippen LogP contribution is -2.50. The number of piperazine rings is 1. The van der Waals surface area contributed by atoms with E-state index in [0.717, 1.165) is 45.6 Å². The van der Waals surface area contributed by atoms with Gasteiger partial charge in [-0.05, 0) is 25.3 Å². The molecule has 0 atom stereocenters. The van der Waals surface area contributed by atoms with Gasteiger partial charge < -0.3 is 5.32 Å². The lowest BCUT2D eigenvalue weighted by molar-refractivity contribution is -0.121. The van der Waals surface area contributed by atoms with E-state index in [-0.39, 0.29) is 24.5 Å². The Morgan fingerprint density at radius 2 is 1.83 bits per heavy atom. The predicted octanol–water partition coefficient (Wildman–Crippen LogP) is 1.10. The second-order valence-corrected chi connectivity index (χ2v) is 6.84. The largest absolute Gasteiger partial charge is 0.335 e. The van der Waals surface area contributed by atoms with Crippen LogP contribution in [0.15, 0.2) is 24.3 Å². The van der Waals surface area contributed by atoms with Gasteiger partial charge in [-0.25, -0.2) is 4.79 Å². The fourth-order valence-electron chi connectivity index (χ4n) is 2.99. The molecule has 24 heavy (non-hydrogen) atoms. The maximum atomic E-state index is 11.9. The van der Waals surface area contributed by atoms with Gasteiger partial charge in [0.25, 0.3) is 0 Å². The van der Waals surface area contributed by atoms with E-state index in [4.69, 9.17) is 0 Å². The fraction of sp³-hybridized carbons (Fsp3) is 0.556. The van der Waals surface area contributed by atoms with Gasteiger partial charge in [-0.3, -0.25) is 19.9 Å². The van der Waals surface area contributed by atoms with Crippen LogP contribution in [-0.2, 0) is 11.3 Å². The molecule has 0 spiro atoms. The normalized spacial score (nSPS) is 19.0. The molecular weight excluding hydrogens is 304 g/mol. The number of benzene rings is 1. The third-order valence-corrected chi connectivity index (χ3v) is 4.49. The summed E-state index contributed by atoms with van der Waals surface area (Å²) in [5.74, 6) is -0.222. The Morgan fingerprint density at radius 3 is 2.50 bits per heavy atom. The Kier molecular flexibility index (Phi) is 5.48. The molecule has 6 heteroatoms. The molecule has 2 N–H and O–H groups in total. The zero-order valence-corrected chi connectivity index (χ0v) is 14.3. The SMILES string of the molecule is Cc1cccc(CN2CCN(CC(=O)NC(=O)NC3CC3)CC2)c1. The number of amides is 3. The van der Waals surface area contributed by atoms with Crippen LogP contribution in [0.5, 0.6) is 0 Å². The average molecular weight is 330 g/mol. The van der Waals surface area contributed by atoms with E-state index < -0.39 is 0 Å². The minimum atomic E-state index is -0.361. The van der Waals surface area contributed by atoms with Crippen LogP contribution in [0, 0.1) is 6.92 Å². The van der Waals surface area contributed by atoms with Crippen LogP contribution >= 0.6 is 0 Å². The van der Waals surface area contributed by atoms with Crippen LogP contribution in [0.25, 0.3) is 0 Å². The van der Waals surface area contributed by atoms with Crippen LogP contribution in [-0.4, -0.2) is 60.5 Å². The zero-order valence-electron chi connectivity index (χ0n) is 14.3. The minimum absolute atomic E-state index is 0.222. The van der Waals surface area contributed by atoms with Crippen LogP contribution in [0.1, 0.15) is 24.0 Å². The molecular formula is C18H26N4O2. The van der Waals surface area contributed by atoms with Crippen molar-refractivity contribution >= 4 is 11.9 Å². The molecule has 0 aromatic heterocycles. The monoisotopic (exact) mass is 330 g/mol. The quantitative estimate of drug-likeness (QED) is 0.849. The van der Waals surface area contributed by atoms with Crippen LogP contribution in [0.3, 0.4) is 0 Å². The molecule has 1 aromatic carbocycles. The predicted molar refractivity (Wildman–Crippen MR) is 92.6 cm³/mol. The van der Waals surface area contributed by atoms with Crippen LogP contribution in [0.4, 0.5) is 4.79 Å². The van der Waals surface area contributed by atoms with Gasteiger partial charge in [-0.2, -0.15) is 0 Å². The molecule has 6 nitrogen and oxygen atoms in total. The minimum Gasteiger partial charge on any atom is -0.335 e. The summed E-state index contributed by atoms with van der Waals surface area (Å²) >= 11 is 0. The summed E-state index contributed by atoms with van der Waals surface area (Å²) in [7, 11) is 0. The molecule has 0 unspecified atom stereocenters. The summed E-state index contributed by atoms with van der Waals surface area (Å²) in [5.41, 5.74) is 2.62. The number of hydrogen-bond donors (Lipinski definition) is 2. The van der Waals surface area contributed by atoms with Crippen molar-refractivity contribution in [2.45, 2.75) is 32.4 Å². The van der Waals surface area contributed by atoms with Crippen LogP contribution in [0.2, 0.25) is 0 Å². The van der Waals surface area contributed by atoms with Gasteiger partial charge in [-0.1, -0.05) is 29.8 Å². The number of hydrogen-bond acceptors (Lipinski definition) is 4. The van der Waals surface area contributed by atoms with E-state index in [1.165, 1.54) is 11.1 Å². The number of nitrogens with one attached hydrogen (secondary N) is 2. The summed E-state index contributed by atoms with van der Waals surface area (Å²) in [6, 6.07) is 8.49. The van der Waals surface area contributed by atoms with Crippen molar-refractivity contribution in [2.75, 3.05) is 32.7 Å². The lowest BCUT2D eigenvalue weighted by Gasteiger charge is -2.34. The molecule has 1 aromatic rings. The molecule has 130 valence electrons. The summed E-state index contributed by atoms with van der Waals surface area (Å²) in [4.78, 5) is 28.0. The summed E-state index contributed by atoms with van der Waals surface area (Å²) in [6.45, 7) is 6.93. The number of urea groups is 1. The first-order valence-electron chi connectivity index (χ1n) is 8.69. The van der Waals surface area contributed by atoms with Gasteiger partial charge in [-0.15, -0.1) is 0 Å². The maximum absolute atomic E-state index is 11.9. The van der Waals surface area contributed by atoms with E-state index in [1.807, 2.05) is 0 Å². The Hall–Kier alpha value is -1.92. The second-order valence-electron chi connectivity index (χ2n) is 6.84. The van der Waals surface area contributed by atoms with Gasteiger partial charge in [0.05, 0.1) is 6.54 Å². The standard InChI is InChI=1S/C18H26N4O2/c1-14-3-2-4-15(11-14)12-21-7-9-22(10-8-21)13-17(23)20-18(24)19-16-5-6-16/h2-4,11,16H,5-10,12-13H2,1H3,(H2,19,20,23,24). The topological polar surface area (TPSA) is 64.7 Å². The Labute approximate surface area is 143 Å². The van der Waals surface area contributed by atoms with Crippen molar-refractivity contribution < 1.29 is 9.59 Å². The summed E-state index contributed by atoms with van der Waals surface area (Å²) in [5, 5.41) is 5.17. The number of aryl methyl sites for hydroxylation is 1. The molecule has 2 aliphatic rings. The highest BCUT2D eigenvalue weighted by molar-refractivity contribution is 5.95. The zero-order chi connectivity index (χ0) is 16.9. The molecule has 1 saturated heterocycles. The lowest BCUT2D eigenvalue weighted by atomic mass is 10.1. The maximum Gasteiger partial charge on any atom is 0.321 e. The molecule has 0 bridgehead atoms. The van der Waals surface area contributed by atoms with E-state index in [0.29, 0.717) is 0 Å². The highest BCUT2D eigenvalue weighted by atomic mass is 16.2. The first-order valence-corrected chi connectivity index (χ1v) is 8.69. The third-order valence-electron chi connectivity index (χ3n) is 4.49. The van der Waals surface area contributed by atoms with Crippen molar-refractivity contribution in [3.63, 3.8) is 0 Å². The van der Waals surface area contributed by atoms with Crippen molar-refractivity contribution in [3.8, 4) is 0 Å². The molecule has 1 saturated carbocycles. The third kappa shape index (κ3) is 5.32. The smallest absolute Gasteiger partial charge is 0.321 e. The molecule has 3 amide bonds. The van der Waals surface area contributed by atoms with Gasteiger partial charge in [0.15, 0.2) is 0 Å². The Balaban J connectivity index is 1.36. The van der Waals surface area contributed by atoms with Crippen molar-refractivity contribution in [1.82, 2.24) is 20.4 Å². The molecule has 0 radical (unpaired) electrons. The highest BCUT2D eigenvalue weighted by Gasteiger charge is 2.25. The second kappa shape index (κ2) is 7.77. The van der Waals surface area contributed by atoms with E-state index >= 15 is 0 Å². The van der Waals surface area contributed by atoms with E-state index in [1.54, 1.807) is 0 Å². The van der Waals surface area contributed by atoms with Gasteiger partial charge in [0, 0.05) is 38.8 Å². The number of carbonyl (C=O) groups is 2. The molecule has 3 rings (SSSR count). The average Bonchev–Trinajstić information content (AvgIpc) is 3.33. The first kappa shape index (κ1) is 16.9. The van der Waals surface area contributed by atoms with Crippen molar-refractivity contribution in [2.24, 2.45) is 0 Å². The molecule has 1 aliphatic carbocycles. The molecule has 2 fully saturated rings. The molecule has 1 heterocycles. The summed E-state index contributed by atoms with van der Waals surface area (Å²) in [6.07, 6.45) is 2.04. The first-order chi connectivity index (χ1) is 11.6. The van der Waals surface area contributed by atoms with Crippen molar-refractivity contribution in [1.29, 1.82) is 0 Å². The van der Waals surface area contributed by atoms with Gasteiger partial charge in [0.1, 0.15) is 0 Å². The number of rotatable bonds is 5. The fourth-order valence-corrected chi connectivity index (χ4v) is 2.99. The van der Waals surface area contributed by atoms with Crippen LogP contribution < -0.4 is 10.6 Å². The number of carbonyl (C=O) groups excluding carboxylic acids is 2. The number of nitrogens with zero attached hydrogens (tertiary/aromatic N) is 2. The van der Waals surface area contributed by atoms with Gasteiger partial charge in [0.2, 0.25) is 5.91 Å². The summed E-state index contributed by atoms with van der Waals surface area (Å²) < 4.78 is 0. The highest BCUT2D eigenvalue weighted by Crippen LogP contribution is 2.18. The number of imide groups is 1. The van der Waals surface area contributed by atoms with Gasteiger partial charge >= 0.3 is 6.03 Å².